The fraction of sp³-hybridized carbons (Fsp3) is 0.632. The lowest BCUT2D eigenvalue weighted by molar-refractivity contribution is 0.0826. The minimum absolute atomic E-state index is 0.104. The number of benzene rings is 1. The van der Waals surface area contributed by atoms with Crippen molar-refractivity contribution in [1.29, 1.82) is 0 Å². The van der Waals surface area contributed by atoms with Crippen LogP contribution in [0.2, 0.25) is 5.02 Å². The highest BCUT2D eigenvalue weighted by Gasteiger charge is 2.61. The molecule has 2 aliphatic carbocycles. The predicted octanol–water partition coefficient (Wildman–Crippen LogP) is 4.30. The molecule has 0 saturated heterocycles. The zero-order valence-corrected chi connectivity index (χ0v) is 15.8. The molecule has 4 nitrogen and oxygen atoms in total. The highest BCUT2D eigenvalue weighted by Crippen LogP contribution is 2.65. The average molecular weight is 352 g/mol. The van der Waals surface area contributed by atoms with E-state index < -0.39 is 0 Å². The van der Waals surface area contributed by atoms with Crippen LogP contribution in [0, 0.1) is 16.7 Å². The number of carbonyl (C=O) groups is 1. The molecule has 1 N–H and O–H groups in total. The van der Waals surface area contributed by atoms with Gasteiger partial charge in [0.15, 0.2) is 11.5 Å². The number of ether oxygens (including phenoxy) is 2. The normalized spacial score (nSPS) is 30.2. The largest absolute Gasteiger partial charge is 0.493 e. The topological polar surface area (TPSA) is 47.6 Å². The molecule has 1 aromatic rings. The standard InChI is InChI=1S/C19H26ClNO3/c1-18(2)12-6-7-19(18,3)15(10-12)21-17(22)11-8-13(20)16(24-5)14(9-11)23-4/h8-9,12,15H,6-7,10H2,1-5H3,(H,21,22). The van der Waals surface area contributed by atoms with E-state index in [2.05, 4.69) is 26.1 Å². The Hall–Kier alpha value is -1.42. The summed E-state index contributed by atoms with van der Waals surface area (Å²) in [5.41, 5.74) is 0.912. The van der Waals surface area contributed by atoms with Gasteiger partial charge in [-0.1, -0.05) is 32.4 Å². The molecule has 2 bridgehead atoms. The molecule has 5 heteroatoms. The van der Waals surface area contributed by atoms with Crippen LogP contribution in [0.1, 0.15) is 50.4 Å². The van der Waals surface area contributed by atoms with Gasteiger partial charge in [-0.05, 0) is 48.1 Å². The van der Waals surface area contributed by atoms with Gasteiger partial charge in [0.2, 0.25) is 0 Å². The second-order valence-electron chi connectivity index (χ2n) is 7.83. The van der Waals surface area contributed by atoms with Crippen molar-refractivity contribution in [1.82, 2.24) is 5.32 Å². The highest BCUT2D eigenvalue weighted by atomic mass is 35.5. The van der Waals surface area contributed by atoms with E-state index in [1.54, 1.807) is 12.1 Å². The van der Waals surface area contributed by atoms with Crippen molar-refractivity contribution < 1.29 is 14.3 Å². The van der Waals surface area contributed by atoms with E-state index >= 15 is 0 Å². The van der Waals surface area contributed by atoms with Crippen LogP contribution >= 0.6 is 11.6 Å². The number of hydrogen-bond donors (Lipinski definition) is 1. The Morgan fingerprint density at radius 1 is 1.25 bits per heavy atom. The third-order valence-corrected chi connectivity index (χ3v) is 7.08. The molecule has 132 valence electrons. The van der Waals surface area contributed by atoms with Crippen LogP contribution in [0.15, 0.2) is 12.1 Å². The number of halogens is 1. The van der Waals surface area contributed by atoms with Crippen molar-refractivity contribution in [3.05, 3.63) is 22.7 Å². The van der Waals surface area contributed by atoms with Gasteiger partial charge >= 0.3 is 0 Å². The van der Waals surface area contributed by atoms with Gasteiger partial charge in [0.25, 0.3) is 5.91 Å². The van der Waals surface area contributed by atoms with Gasteiger partial charge < -0.3 is 14.8 Å². The maximum absolute atomic E-state index is 12.8. The van der Waals surface area contributed by atoms with Crippen LogP contribution in [-0.4, -0.2) is 26.2 Å². The summed E-state index contributed by atoms with van der Waals surface area (Å²) in [5, 5.41) is 3.62. The van der Waals surface area contributed by atoms with E-state index in [0.29, 0.717) is 28.0 Å². The molecule has 3 rings (SSSR count). The van der Waals surface area contributed by atoms with Gasteiger partial charge in [-0.15, -0.1) is 0 Å². The summed E-state index contributed by atoms with van der Waals surface area (Å²) in [6.45, 7) is 6.99. The minimum atomic E-state index is -0.104. The maximum Gasteiger partial charge on any atom is 0.251 e. The lowest BCUT2D eigenvalue weighted by atomic mass is 9.69. The average Bonchev–Trinajstić information content (AvgIpc) is 2.87. The van der Waals surface area contributed by atoms with Crippen molar-refractivity contribution in [2.75, 3.05) is 14.2 Å². The smallest absolute Gasteiger partial charge is 0.251 e. The Morgan fingerprint density at radius 2 is 1.96 bits per heavy atom. The summed E-state index contributed by atoms with van der Waals surface area (Å²) in [4.78, 5) is 12.8. The molecule has 0 aliphatic heterocycles. The molecule has 3 atom stereocenters. The summed E-state index contributed by atoms with van der Waals surface area (Å²) < 4.78 is 10.5. The molecule has 2 saturated carbocycles. The first kappa shape index (κ1) is 17.4. The van der Waals surface area contributed by atoms with Gasteiger partial charge in [0.05, 0.1) is 19.2 Å². The highest BCUT2D eigenvalue weighted by molar-refractivity contribution is 6.32. The fourth-order valence-electron chi connectivity index (χ4n) is 4.71. The van der Waals surface area contributed by atoms with Gasteiger partial charge in [-0.3, -0.25) is 4.79 Å². The van der Waals surface area contributed by atoms with Crippen LogP contribution < -0.4 is 14.8 Å². The number of hydrogen-bond acceptors (Lipinski definition) is 3. The maximum atomic E-state index is 12.8. The van der Waals surface area contributed by atoms with Crippen molar-refractivity contribution in [3.63, 3.8) is 0 Å². The zero-order chi connectivity index (χ0) is 17.7. The zero-order valence-electron chi connectivity index (χ0n) is 15.0. The molecule has 24 heavy (non-hydrogen) atoms. The molecule has 3 unspecified atom stereocenters. The number of methoxy groups -OCH3 is 2. The Labute approximate surface area is 148 Å². The molecule has 0 aromatic heterocycles. The second-order valence-corrected chi connectivity index (χ2v) is 8.24. The molecule has 0 heterocycles. The molecule has 0 radical (unpaired) electrons. The summed E-state index contributed by atoms with van der Waals surface area (Å²) in [6.07, 6.45) is 3.48. The van der Waals surface area contributed by atoms with Crippen molar-refractivity contribution in [3.8, 4) is 11.5 Å². The lowest BCUT2D eigenvalue weighted by Gasteiger charge is -2.39. The number of rotatable bonds is 4. The van der Waals surface area contributed by atoms with Crippen LogP contribution in [0.25, 0.3) is 0 Å². The Bertz CT molecular complexity index is 673. The van der Waals surface area contributed by atoms with Crippen LogP contribution in [0.3, 0.4) is 0 Å². The molecular weight excluding hydrogens is 326 g/mol. The minimum Gasteiger partial charge on any atom is -0.493 e. The second kappa shape index (κ2) is 5.83. The SMILES string of the molecule is COc1cc(C(=O)NC2CC3CCC2(C)C3(C)C)cc(Cl)c1OC. The number of nitrogens with one attached hydrogen (secondary N) is 1. The summed E-state index contributed by atoms with van der Waals surface area (Å²) >= 11 is 6.22. The van der Waals surface area contributed by atoms with Crippen LogP contribution in [-0.2, 0) is 0 Å². The van der Waals surface area contributed by atoms with Gasteiger partial charge in [0, 0.05) is 11.6 Å². The third-order valence-electron chi connectivity index (χ3n) is 6.80. The van der Waals surface area contributed by atoms with Crippen molar-refractivity contribution in [2.24, 2.45) is 16.7 Å². The number of fused-ring (bicyclic) bond motifs is 2. The molecule has 1 amide bonds. The van der Waals surface area contributed by atoms with Crippen molar-refractivity contribution in [2.45, 2.75) is 46.1 Å². The van der Waals surface area contributed by atoms with E-state index in [4.69, 9.17) is 21.1 Å². The third kappa shape index (κ3) is 2.38. The molecule has 2 aliphatic rings. The lowest BCUT2D eigenvalue weighted by Crippen LogP contribution is -2.46. The Balaban J connectivity index is 1.83. The van der Waals surface area contributed by atoms with Gasteiger partial charge in [0.1, 0.15) is 0 Å². The van der Waals surface area contributed by atoms with Crippen LogP contribution in [0.5, 0.6) is 11.5 Å². The van der Waals surface area contributed by atoms with E-state index in [0.717, 1.165) is 6.42 Å². The van der Waals surface area contributed by atoms with Crippen molar-refractivity contribution >= 4 is 17.5 Å². The first-order valence-corrected chi connectivity index (χ1v) is 8.84. The monoisotopic (exact) mass is 351 g/mol. The predicted molar refractivity (Wildman–Crippen MR) is 95.0 cm³/mol. The fourth-order valence-corrected chi connectivity index (χ4v) is 5.00. The number of amides is 1. The van der Waals surface area contributed by atoms with E-state index in [1.807, 2.05) is 0 Å². The first-order valence-electron chi connectivity index (χ1n) is 8.47. The first-order chi connectivity index (χ1) is 11.2. The Morgan fingerprint density at radius 3 is 2.46 bits per heavy atom. The van der Waals surface area contributed by atoms with Gasteiger partial charge in [-0.25, -0.2) is 0 Å². The van der Waals surface area contributed by atoms with Crippen LogP contribution in [0.4, 0.5) is 0 Å². The summed E-state index contributed by atoms with van der Waals surface area (Å²) in [5.74, 6) is 1.49. The number of carbonyl (C=O) groups excluding carboxylic acids is 1. The van der Waals surface area contributed by atoms with E-state index in [-0.39, 0.29) is 22.8 Å². The van der Waals surface area contributed by atoms with E-state index in [1.165, 1.54) is 27.1 Å². The quantitative estimate of drug-likeness (QED) is 0.879. The Kier molecular flexibility index (Phi) is 4.23. The van der Waals surface area contributed by atoms with E-state index in [9.17, 15) is 4.79 Å². The molecule has 1 aromatic carbocycles. The van der Waals surface area contributed by atoms with Gasteiger partial charge in [-0.2, -0.15) is 0 Å². The molecular formula is C19H26ClNO3. The summed E-state index contributed by atoms with van der Waals surface area (Å²) in [7, 11) is 3.07. The molecule has 2 fully saturated rings. The molecule has 0 spiro atoms. The summed E-state index contributed by atoms with van der Waals surface area (Å²) in [6, 6.07) is 3.52.